The SMILES string of the molecule is CC(=O)Cn1cc(CCO)nn1. The number of rotatable bonds is 4. The number of carbonyl (C=O) groups is 1. The topological polar surface area (TPSA) is 68.0 Å². The van der Waals surface area contributed by atoms with Gasteiger partial charge in [0.05, 0.1) is 5.69 Å². The van der Waals surface area contributed by atoms with Crippen molar-refractivity contribution in [2.75, 3.05) is 6.61 Å². The molecule has 5 nitrogen and oxygen atoms in total. The summed E-state index contributed by atoms with van der Waals surface area (Å²) >= 11 is 0. The van der Waals surface area contributed by atoms with Crippen LogP contribution in [0.15, 0.2) is 6.20 Å². The highest BCUT2D eigenvalue weighted by Gasteiger charge is 2.00. The zero-order valence-corrected chi connectivity index (χ0v) is 6.90. The van der Waals surface area contributed by atoms with Gasteiger partial charge in [-0.25, -0.2) is 4.68 Å². The number of nitrogens with zero attached hydrogens (tertiary/aromatic N) is 3. The van der Waals surface area contributed by atoms with Crippen molar-refractivity contribution < 1.29 is 9.90 Å². The van der Waals surface area contributed by atoms with Gasteiger partial charge in [-0.1, -0.05) is 5.21 Å². The van der Waals surface area contributed by atoms with Crippen LogP contribution in [-0.2, 0) is 17.8 Å². The number of hydrogen-bond acceptors (Lipinski definition) is 4. The summed E-state index contributed by atoms with van der Waals surface area (Å²) in [5.74, 6) is 0.0375. The van der Waals surface area contributed by atoms with Gasteiger partial charge in [0, 0.05) is 19.2 Å². The molecule has 0 radical (unpaired) electrons. The molecule has 12 heavy (non-hydrogen) atoms. The van der Waals surface area contributed by atoms with Crippen LogP contribution >= 0.6 is 0 Å². The second-order valence-corrected chi connectivity index (χ2v) is 2.58. The molecular weight excluding hydrogens is 158 g/mol. The third-order valence-electron chi connectivity index (χ3n) is 1.34. The maximum Gasteiger partial charge on any atom is 0.151 e. The highest BCUT2D eigenvalue weighted by molar-refractivity contribution is 5.75. The Kier molecular flexibility index (Phi) is 2.93. The van der Waals surface area contributed by atoms with Gasteiger partial charge in [-0.2, -0.15) is 0 Å². The maximum atomic E-state index is 10.6. The Bertz CT molecular complexity index is 269. The molecule has 66 valence electrons. The molecule has 0 aliphatic carbocycles. The molecule has 0 spiro atoms. The summed E-state index contributed by atoms with van der Waals surface area (Å²) in [6.07, 6.45) is 2.15. The third-order valence-corrected chi connectivity index (χ3v) is 1.34. The van der Waals surface area contributed by atoms with Gasteiger partial charge in [0.25, 0.3) is 0 Å². The number of aliphatic hydroxyl groups excluding tert-OH is 1. The predicted molar refractivity (Wildman–Crippen MR) is 41.5 cm³/mol. The molecule has 0 atom stereocenters. The average molecular weight is 169 g/mol. The standard InChI is InChI=1S/C7H11N3O2/c1-6(12)4-10-5-7(2-3-11)8-9-10/h5,11H,2-4H2,1H3. The van der Waals surface area contributed by atoms with Crippen LogP contribution in [0.25, 0.3) is 0 Å². The summed E-state index contributed by atoms with van der Waals surface area (Å²) in [6, 6.07) is 0. The number of aliphatic hydroxyl groups is 1. The largest absolute Gasteiger partial charge is 0.396 e. The maximum absolute atomic E-state index is 10.6. The van der Waals surface area contributed by atoms with Gasteiger partial charge in [0.2, 0.25) is 0 Å². The number of aromatic nitrogens is 3. The van der Waals surface area contributed by atoms with Crippen LogP contribution in [0.5, 0.6) is 0 Å². The highest BCUT2D eigenvalue weighted by Crippen LogP contribution is 1.93. The fraction of sp³-hybridized carbons (Fsp3) is 0.571. The fourth-order valence-corrected chi connectivity index (χ4v) is 0.873. The van der Waals surface area contributed by atoms with Gasteiger partial charge in [-0.3, -0.25) is 4.79 Å². The van der Waals surface area contributed by atoms with E-state index in [1.807, 2.05) is 0 Å². The first kappa shape index (κ1) is 8.86. The first-order valence-electron chi connectivity index (χ1n) is 3.71. The molecule has 0 unspecified atom stereocenters. The van der Waals surface area contributed by atoms with Gasteiger partial charge in [0.15, 0.2) is 5.78 Å². The first-order chi connectivity index (χ1) is 5.72. The molecule has 0 bridgehead atoms. The van der Waals surface area contributed by atoms with E-state index < -0.39 is 0 Å². The van der Waals surface area contributed by atoms with Gasteiger partial charge in [-0.15, -0.1) is 5.10 Å². The van der Waals surface area contributed by atoms with Crippen LogP contribution in [-0.4, -0.2) is 32.5 Å². The lowest BCUT2D eigenvalue weighted by atomic mass is 10.3. The Morgan fingerprint density at radius 3 is 3.08 bits per heavy atom. The molecule has 1 aromatic heterocycles. The normalized spacial score (nSPS) is 10.2. The zero-order valence-electron chi connectivity index (χ0n) is 6.90. The summed E-state index contributed by atoms with van der Waals surface area (Å²) in [5, 5.41) is 16.0. The monoisotopic (exact) mass is 169 g/mol. The third kappa shape index (κ3) is 2.43. The summed E-state index contributed by atoms with van der Waals surface area (Å²) < 4.78 is 1.47. The lowest BCUT2D eigenvalue weighted by Gasteiger charge is -1.91. The molecule has 0 fully saturated rings. The van der Waals surface area contributed by atoms with Crippen LogP contribution in [0.1, 0.15) is 12.6 Å². The average Bonchev–Trinajstić information content (AvgIpc) is 2.36. The second-order valence-electron chi connectivity index (χ2n) is 2.58. The van der Waals surface area contributed by atoms with Crippen LogP contribution in [0, 0.1) is 0 Å². The van der Waals surface area contributed by atoms with Crippen LogP contribution in [0.4, 0.5) is 0 Å². The van der Waals surface area contributed by atoms with E-state index in [0.29, 0.717) is 12.1 Å². The summed E-state index contributed by atoms with van der Waals surface area (Å²) in [4.78, 5) is 10.6. The quantitative estimate of drug-likeness (QED) is 0.653. The minimum atomic E-state index is 0.0375. The lowest BCUT2D eigenvalue weighted by Crippen LogP contribution is -2.06. The molecule has 1 heterocycles. The van der Waals surface area contributed by atoms with Gasteiger partial charge in [-0.05, 0) is 6.92 Å². The van der Waals surface area contributed by atoms with Crippen molar-refractivity contribution in [2.24, 2.45) is 0 Å². The van der Waals surface area contributed by atoms with Gasteiger partial charge >= 0.3 is 0 Å². The Hall–Kier alpha value is -1.23. The first-order valence-corrected chi connectivity index (χ1v) is 3.71. The summed E-state index contributed by atoms with van der Waals surface area (Å²) in [7, 11) is 0. The van der Waals surface area contributed by atoms with Crippen molar-refractivity contribution in [1.29, 1.82) is 0 Å². The molecule has 5 heteroatoms. The Morgan fingerprint density at radius 2 is 2.50 bits per heavy atom. The van der Waals surface area contributed by atoms with Crippen molar-refractivity contribution in [1.82, 2.24) is 15.0 Å². The van der Waals surface area contributed by atoms with E-state index in [1.165, 1.54) is 11.6 Å². The van der Waals surface area contributed by atoms with Gasteiger partial charge < -0.3 is 5.11 Å². The second kappa shape index (κ2) is 3.96. The Labute approximate surface area is 70.0 Å². The predicted octanol–water partition coefficient (Wildman–Crippen LogP) is -0.598. The fourth-order valence-electron chi connectivity index (χ4n) is 0.873. The van der Waals surface area contributed by atoms with Gasteiger partial charge in [0.1, 0.15) is 6.54 Å². The van der Waals surface area contributed by atoms with E-state index in [9.17, 15) is 4.79 Å². The van der Waals surface area contributed by atoms with Crippen molar-refractivity contribution in [3.63, 3.8) is 0 Å². The van der Waals surface area contributed by atoms with Crippen molar-refractivity contribution in [3.05, 3.63) is 11.9 Å². The zero-order chi connectivity index (χ0) is 8.97. The van der Waals surface area contributed by atoms with Crippen LogP contribution in [0.2, 0.25) is 0 Å². The molecule has 1 rings (SSSR count). The minimum Gasteiger partial charge on any atom is -0.396 e. The van der Waals surface area contributed by atoms with Crippen molar-refractivity contribution in [2.45, 2.75) is 19.9 Å². The van der Waals surface area contributed by atoms with Crippen molar-refractivity contribution >= 4 is 5.78 Å². The number of carbonyl (C=O) groups excluding carboxylic acids is 1. The van der Waals surface area contributed by atoms with E-state index in [0.717, 1.165) is 0 Å². The Balaban J connectivity index is 2.58. The van der Waals surface area contributed by atoms with E-state index in [2.05, 4.69) is 10.3 Å². The highest BCUT2D eigenvalue weighted by atomic mass is 16.3. The van der Waals surface area contributed by atoms with E-state index in [1.54, 1.807) is 6.20 Å². The van der Waals surface area contributed by atoms with E-state index in [4.69, 9.17) is 5.11 Å². The number of ketones is 1. The van der Waals surface area contributed by atoms with Crippen LogP contribution in [0.3, 0.4) is 0 Å². The number of hydrogen-bond donors (Lipinski definition) is 1. The Morgan fingerprint density at radius 1 is 1.75 bits per heavy atom. The molecular formula is C7H11N3O2. The van der Waals surface area contributed by atoms with E-state index in [-0.39, 0.29) is 18.9 Å². The molecule has 0 saturated carbocycles. The molecule has 0 aromatic carbocycles. The molecule has 0 aliphatic heterocycles. The molecule has 1 N–H and O–H groups in total. The smallest absolute Gasteiger partial charge is 0.151 e. The summed E-state index contributed by atoms with van der Waals surface area (Å²) in [6.45, 7) is 1.80. The lowest BCUT2D eigenvalue weighted by molar-refractivity contribution is -0.117. The summed E-state index contributed by atoms with van der Waals surface area (Å²) in [5.41, 5.74) is 0.707. The molecule has 0 saturated heterocycles. The molecule has 0 amide bonds. The molecule has 0 aliphatic rings. The van der Waals surface area contributed by atoms with Crippen molar-refractivity contribution in [3.8, 4) is 0 Å². The minimum absolute atomic E-state index is 0.0375. The van der Waals surface area contributed by atoms with Crippen LogP contribution < -0.4 is 0 Å². The number of Topliss-reactive ketones (excluding diaryl/α,β-unsaturated/α-hetero) is 1. The van der Waals surface area contributed by atoms with E-state index >= 15 is 0 Å². The molecule has 1 aromatic rings.